The van der Waals surface area contributed by atoms with Crippen molar-refractivity contribution in [2.24, 2.45) is 0 Å². The molecule has 1 aromatic heterocycles. The van der Waals surface area contributed by atoms with E-state index < -0.39 is 17.5 Å². The smallest absolute Gasteiger partial charge is 0.251 e. The van der Waals surface area contributed by atoms with Gasteiger partial charge < -0.3 is 20.1 Å². The van der Waals surface area contributed by atoms with Gasteiger partial charge in [-0.25, -0.2) is 13.8 Å². The molecule has 1 aliphatic carbocycles. The molecule has 3 aliphatic rings. The Morgan fingerprint density at radius 1 is 1.12 bits per heavy atom. The van der Waals surface area contributed by atoms with Gasteiger partial charge in [-0.15, -0.1) is 0 Å². The second-order valence-electron chi connectivity index (χ2n) is 8.22. The van der Waals surface area contributed by atoms with E-state index in [4.69, 9.17) is 9.47 Å². The molecule has 1 saturated carbocycles. The molecular formula is C24H17F2N3O4. The third-order valence-corrected chi connectivity index (χ3v) is 6.14. The Labute approximate surface area is 186 Å². The Kier molecular flexibility index (Phi) is 4.33. The van der Waals surface area contributed by atoms with Crippen molar-refractivity contribution in [2.45, 2.75) is 30.9 Å². The van der Waals surface area contributed by atoms with Gasteiger partial charge in [-0.1, -0.05) is 0 Å². The topological polar surface area (TPSA) is 89.5 Å². The number of nitrogens with zero attached hydrogens (tertiary/aromatic N) is 1. The molecule has 2 N–H and O–H groups in total. The second kappa shape index (κ2) is 7.26. The molecule has 2 aliphatic heterocycles. The van der Waals surface area contributed by atoms with Gasteiger partial charge >= 0.3 is 0 Å². The number of pyridine rings is 1. The van der Waals surface area contributed by atoms with Crippen molar-refractivity contribution < 1.29 is 27.8 Å². The number of carbonyl (C=O) groups is 2. The van der Waals surface area contributed by atoms with Gasteiger partial charge in [-0.3, -0.25) is 9.59 Å². The maximum Gasteiger partial charge on any atom is 0.251 e. The highest BCUT2D eigenvalue weighted by atomic mass is 19.2. The van der Waals surface area contributed by atoms with Gasteiger partial charge in [-0.2, -0.15) is 0 Å². The van der Waals surface area contributed by atoms with Crippen molar-refractivity contribution in [3.05, 3.63) is 77.0 Å². The summed E-state index contributed by atoms with van der Waals surface area (Å²) in [4.78, 5) is 28.3. The van der Waals surface area contributed by atoms with Crippen LogP contribution in [0.15, 0.2) is 48.7 Å². The summed E-state index contributed by atoms with van der Waals surface area (Å²) in [5.74, 6) is -0.235. The number of carbonyl (C=O) groups excluding carboxylic acids is 2. The highest BCUT2D eigenvalue weighted by Gasteiger charge is 2.59. The predicted molar refractivity (Wildman–Crippen MR) is 112 cm³/mol. The van der Waals surface area contributed by atoms with Crippen LogP contribution in [0.25, 0.3) is 0 Å². The van der Waals surface area contributed by atoms with Crippen molar-refractivity contribution in [2.75, 3.05) is 5.32 Å². The summed E-state index contributed by atoms with van der Waals surface area (Å²) >= 11 is 0. The summed E-state index contributed by atoms with van der Waals surface area (Å²) in [5.41, 5.74) is 1.80. The molecule has 166 valence electrons. The maximum absolute atomic E-state index is 13.5. The molecule has 33 heavy (non-hydrogen) atoms. The van der Waals surface area contributed by atoms with Crippen LogP contribution in [0.2, 0.25) is 0 Å². The van der Waals surface area contributed by atoms with Gasteiger partial charge in [0.05, 0.1) is 12.0 Å². The van der Waals surface area contributed by atoms with Crippen molar-refractivity contribution in [1.82, 2.24) is 10.3 Å². The largest absolute Gasteiger partial charge is 0.487 e. The van der Waals surface area contributed by atoms with Crippen LogP contribution in [0.1, 0.15) is 33.8 Å². The number of aromatic nitrogens is 1. The summed E-state index contributed by atoms with van der Waals surface area (Å²) in [5, 5.41) is 5.58. The molecule has 7 nitrogen and oxygen atoms in total. The minimum absolute atomic E-state index is 0.0470. The first-order chi connectivity index (χ1) is 16.0. The SMILES string of the molecule is O=C1CCc2c(Oc3ccc4c(c3)C3C(NC(=O)c5ccc(F)c(F)c5)C3O4)ccnc2N1. The number of halogens is 2. The van der Waals surface area contributed by atoms with Crippen LogP contribution in [0.3, 0.4) is 0 Å². The minimum atomic E-state index is -1.07. The average Bonchev–Trinajstić information content (AvgIpc) is 3.32. The first-order valence-electron chi connectivity index (χ1n) is 10.5. The highest BCUT2D eigenvalue weighted by Crippen LogP contribution is 2.54. The minimum Gasteiger partial charge on any atom is -0.487 e. The van der Waals surface area contributed by atoms with E-state index in [-0.39, 0.29) is 29.5 Å². The molecule has 0 bridgehead atoms. The summed E-state index contributed by atoms with van der Waals surface area (Å²) < 4.78 is 38.6. The van der Waals surface area contributed by atoms with Gasteiger partial charge in [0, 0.05) is 29.3 Å². The molecule has 0 spiro atoms. The summed E-state index contributed by atoms with van der Waals surface area (Å²) in [6.07, 6.45) is 2.28. The molecule has 0 saturated heterocycles. The standard InChI is InChI=1S/C24H17F2N3O4/c25-15-4-1-11(9-16(15)26)24(31)29-21-20-14-10-12(2-5-17(14)33-22(20)21)32-18-7-8-27-23-13(18)3-6-19(30)28-23/h1-2,4-5,7-10,20-22H,3,6H2,(H,29,31)(H,27,28,30). The molecule has 2 aromatic carbocycles. The van der Waals surface area contributed by atoms with Crippen molar-refractivity contribution in [3.63, 3.8) is 0 Å². The summed E-state index contributed by atoms with van der Waals surface area (Å²) in [6, 6.07) is 10.0. The fraction of sp³-hybridized carbons (Fsp3) is 0.208. The normalized spacial score (nSPS) is 21.8. The van der Waals surface area contributed by atoms with Gasteiger partial charge in [0.1, 0.15) is 29.2 Å². The Bertz CT molecular complexity index is 1330. The fourth-order valence-corrected chi connectivity index (χ4v) is 4.43. The lowest BCUT2D eigenvalue weighted by Gasteiger charge is -2.19. The van der Waals surface area contributed by atoms with Gasteiger partial charge in [-0.05, 0) is 48.9 Å². The fourth-order valence-electron chi connectivity index (χ4n) is 4.43. The summed E-state index contributed by atoms with van der Waals surface area (Å²) in [6.45, 7) is 0. The van der Waals surface area contributed by atoms with Crippen LogP contribution in [0.5, 0.6) is 17.2 Å². The Morgan fingerprint density at radius 3 is 2.85 bits per heavy atom. The van der Waals surface area contributed by atoms with Crippen molar-refractivity contribution >= 4 is 17.6 Å². The lowest BCUT2D eigenvalue weighted by molar-refractivity contribution is -0.116. The number of anilines is 1. The van der Waals surface area contributed by atoms with Crippen LogP contribution in [-0.4, -0.2) is 28.9 Å². The predicted octanol–water partition coefficient (Wildman–Crippen LogP) is 3.69. The first-order valence-corrected chi connectivity index (χ1v) is 10.5. The lowest BCUT2D eigenvalue weighted by Crippen LogP contribution is -2.30. The Balaban J connectivity index is 1.19. The molecular weight excluding hydrogens is 432 g/mol. The molecule has 3 aromatic rings. The van der Waals surface area contributed by atoms with E-state index in [9.17, 15) is 18.4 Å². The van der Waals surface area contributed by atoms with Crippen LogP contribution < -0.4 is 20.1 Å². The molecule has 9 heteroatoms. The van der Waals surface area contributed by atoms with Crippen LogP contribution in [0, 0.1) is 11.6 Å². The number of benzene rings is 2. The molecule has 0 radical (unpaired) electrons. The van der Waals surface area contributed by atoms with Crippen LogP contribution in [0.4, 0.5) is 14.6 Å². The quantitative estimate of drug-likeness (QED) is 0.634. The Morgan fingerprint density at radius 2 is 2.00 bits per heavy atom. The van der Waals surface area contributed by atoms with Crippen molar-refractivity contribution in [3.8, 4) is 17.2 Å². The number of nitrogens with one attached hydrogen (secondary N) is 2. The number of amides is 2. The molecule has 1 fully saturated rings. The number of hydrogen-bond acceptors (Lipinski definition) is 5. The molecule has 6 rings (SSSR count). The van der Waals surface area contributed by atoms with Gasteiger partial charge in [0.25, 0.3) is 5.91 Å². The third kappa shape index (κ3) is 3.36. The monoisotopic (exact) mass is 449 g/mol. The molecule has 3 unspecified atom stereocenters. The number of rotatable bonds is 4. The van der Waals surface area contributed by atoms with E-state index in [1.54, 1.807) is 18.3 Å². The summed E-state index contributed by atoms with van der Waals surface area (Å²) in [7, 11) is 0. The van der Waals surface area contributed by atoms with E-state index in [0.717, 1.165) is 29.0 Å². The van der Waals surface area contributed by atoms with Crippen molar-refractivity contribution in [1.29, 1.82) is 0 Å². The average molecular weight is 449 g/mol. The van der Waals surface area contributed by atoms with E-state index in [1.807, 2.05) is 12.1 Å². The third-order valence-electron chi connectivity index (χ3n) is 6.14. The number of hydrogen-bond donors (Lipinski definition) is 2. The van der Waals surface area contributed by atoms with Gasteiger partial charge in [0.15, 0.2) is 11.6 Å². The zero-order valence-corrected chi connectivity index (χ0v) is 17.1. The Hall–Kier alpha value is -4.01. The van der Waals surface area contributed by atoms with E-state index in [1.165, 1.54) is 6.07 Å². The zero-order valence-electron chi connectivity index (χ0n) is 17.1. The lowest BCUT2D eigenvalue weighted by atomic mass is 10.1. The van der Waals surface area contributed by atoms with E-state index in [2.05, 4.69) is 15.6 Å². The second-order valence-corrected chi connectivity index (χ2v) is 8.22. The highest BCUT2D eigenvalue weighted by molar-refractivity contribution is 5.95. The van der Waals surface area contributed by atoms with Crippen LogP contribution in [-0.2, 0) is 11.2 Å². The maximum atomic E-state index is 13.5. The molecule has 3 atom stereocenters. The van der Waals surface area contributed by atoms with E-state index in [0.29, 0.717) is 30.2 Å². The zero-order chi connectivity index (χ0) is 22.7. The number of fused-ring (bicyclic) bond motifs is 4. The molecule has 2 amide bonds. The molecule has 3 heterocycles. The first kappa shape index (κ1) is 19.7. The van der Waals surface area contributed by atoms with E-state index >= 15 is 0 Å². The number of ether oxygens (including phenoxy) is 2. The van der Waals surface area contributed by atoms with Crippen LogP contribution >= 0.6 is 0 Å². The van der Waals surface area contributed by atoms with Gasteiger partial charge in [0.2, 0.25) is 5.91 Å².